The zero-order valence-corrected chi connectivity index (χ0v) is 6.43. The second kappa shape index (κ2) is 3.04. The van der Waals surface area contributed by atoms with E-state index in [9.17, 15) is 0 Å². The Kier molecular flexibility index (Phi) is 2.60. The zero-order chi connectivity index (χ0) is 5.98. The fraction of sp³-hybridized carbons (Fsp3) is 0.667. The van der Waals surface area contributed by atoms with Crippen molar-refractivity contribution in [3.8, 4) is 0 Å². The van der Waals surface area contributed by atoms with Gasteiger partial charge in [0.15, 0.2) is 0 Å². The predicted molar refractivity (Wildman–Crippen MR) is 37.0 cm³/mol. The van der Waals surface area contributed by atoms with E-state index in [2.05, 4.69) is 9.56 Å². The van der Waals surface area contributed by atoms with Gasteiger partial charge in [-0.25, -0.2) is 4.89 Å². The van der Waals surface area contributed by atoms with Crippen LogP contribution in [0.3, 0.4) is 0 Å². The molecule has 0 saturated carbocycles. The smallest absolute Gasteiger partial charge is 0.204 e. The normalized spacial score (nSPS) is 30.6. The second-order valence-electron chi connectivity index (χ2n) is 1.29. The van der Waals surface area contributed by atoms with E-state index in [1.54, 1.807) is 0 Å². The molecule has 0 aromatic carbocycles. The maximum Gasteiger partial charge on any atom is 0.204 e. The lowest BCUT2D eigenvalue weighted by atomic mass is 10.5. The maximum absolute atomic E-state index is 5.54. The van der Waals surface area contributed by atoms with Gasteiger partial charge in [0, 0.05) is 6.42 Å². The molecule has 1 saturated heterocycles. The van der Waals surface area contributed by atoms with E-state index in [-0.39, 0.29) is 0 Å². The quantitative estimate of drug-likeness (QED) is 0.316. The van der Waals surface area contributed by atoms with Crippen LogP contribution < -0.4 is 0 Å². The Balaban J connectivity index is 2.39. The van der Waals surface area contributed by atoms with Gasteiger partial charge in [-0.2, -0.15) is 4.67 Å². The summed E-state index contributed by atoms with van der Waals surface area (Å²) in [6.07, 6.45) is 0.755. The molecule has 1 fully saturated rings. The van der Waals surface area contributed by atoms with Crippen LogP contribution in [-0.4, -0.2) is 11.2 Å². The summed E-state index contributed by atoms with van der Waals surface area (Å²) in [5, 5.41) is 0. The van der Waals surface area contributed by atoms with Crippen LogP contribution in [0, 0.1) is 0 Å². The van der Waals surface area contributed by atoms with Gasteiger partial charge in [-0.1, -0.05) is 23.5 Å². The third-order valence-corrected chi connectivity index (χ3v) is 3.35. The molecule has 1 aliphatic rings. The zero-order valence-electron chi connectivity index (χ0n) is 3.96. The van der Waals surface area contributed by atoms with Crippen molar-refractivity contribution in [1.29, 1.82) is 0 Å². The van der Waals surface area contributed by atoms with Crippen molar-refractivity contribution in [2.75, 3.05) is 6.61 Å². The van der Waals surface area contributed by atoms with Crippen molar-refractivity contribution in [2.24, 2.45) is 0 Å². The van der Waals surface area contributed by atoms with Crippen molar-refractivity contribution >= 4 is 35.6 Å². The second-order valence-corrected chi connectivity index (χ2v) is 4.18. The van der Waals surface area contributed by atoms with Crippen LogP contribution in [0.25, 0.3) is 0 Å². The highest BCUT2D eigenvalue weighted by Gasteiger charge is 2.18. The molecule has 1 atom stereocenters. The van der Waals surface area contributed by atoms with Gasteiger partial charge in [-0.3, -0.25) is 0 Å². The molecule has 0 radical (unpaired) electrons. The summed E-state index contributed by atoms with van der Waals surface area (Å²) in [5.74, 6) is 0. The summed E-state index contributed by atoms with van der Waals surface area (Å²) in [6, 6.07) is 0. The van der Waals surface area contributed by atoms with Gasteiger partial charge < -0.3 is 0 Å². The lowest BCUT2D eigenvalue weighted by Crippen LogP contribution is -2.06. The van der Waals surface area contributed by atoms with E-state index in [0.29, 0.717) is 6.61 Å². The Morgan fingerprint density at radius 1 is 1.75 bits per heavy atom. The van der Waals surface area contributed by atoms with E-state index in [1.807, 2.05) is 0 Å². The summed E-state index contributed by atoms with van der Waals surface area (Å²) >= 11 is 10.4. The lowest BCUT2D eigenvalue weighted by Gasteiger charge is -2.14. The molecule has 0 bridgehead atoms. The number of thiocarbonyl (C=S) groups is 1. The monoisotopic (exact) mass is 170 g/mol. The molecule has 0 aliphatic carbocycles. The molecule has 0 spiro atoms. The van der Waals surface area contributed by atoms with Crippen LogP contribution in [0.1, 0.15) is 6.42 Å². The minimum absolute atomic E-state index is 0.546. The molecule has 46 valence electrons. The average molecular weight is 171 g/mol. The number of rotatable bonds is 0. The molecule has 1 rings (SSSR count). The fourth-order valence-corrected chi connectivity index (χ4v) is 1.41. The molecular weight excluding hydrogens is 167 g/mol. The molecular formula is C3H4ClO2PS. The Morgan fingerprint density at radius 2 is 2.50 bits per heavy atom. The molecule has 2 nitrogen and oxygen atoms in total. The number of hydrogen-bond donors (Lipinski definition) is 0. The van der Waals surface area contributed by atoms with Gasteiger partial charge >= 0.3 is 0 Å². The summed E-state index contributed by atoms with van der Waals surface area (Å²) in [5.41, 5.74) is 0. The van der Waals surface area contributed by atoms with Gasteiger partial charge in [0.25, 0.3) is 0 Å². The van der Waals surface area contributed by atoms with Crippen LogP contribution >= 0.6 is 31.0 Å². The van der Waals surface area contributed by atoms with Crippen LogP contribution in [0.5, 0.6) is 0 Å². The molecule has 8 heavy (non-hydrogen) atoms. The van der Waals surface area contributed by atoms with Crippen LogP contribution in [-0.2, 0) is 9.56 Å². The highest BCUT2D eigenvalue weighted by atomic mass is 35.7. The number of halogens is 1. The van der Waals surface area contributed by atoms with Gasteiger partial charge in [0.05, 0.1) is 11.2 Å². The van der Waals surface area contributed by atoms with E-state index in [0.717, 1.165) is 11.0 Å². The lowest BCUT2D eigenvalue weighted by molar-refractivity contribution is -0.197. The van der Waals surface area contributed by atoms with Crippen LogP contribution in [0.4, 0.5) is 0 Å². The van der Waals surface area contributed by atoms with Crippen molar-refractivity contribution in [1.82, 2.24) is 0 Å². The molecule has 1 heterocycles. The molecule has 0 aromatic heterocycles. The first-order chi connectivity index (χ1) is 3.80. The van der Waals surface area contributed by atoms with Crippen molar-refractivity contribution in [3.05, 3.63) is 0 Å². The van der Waals surface area contributed by atoms with Crippen molar-refractivity contribution in [3.63, 3.8) is 0 Å². The Hall–Kier alpha value is 0.730. The largest absolute Gasteiger partial charge is 0.231 e. The van der Waals surface area contributed by atoms with E-state index in [4.69, 9.17) is 23.5 Å². The molecule has 1 aliphatic heterocycles. The van der Waals surface area contributed by atoms with Crippen molar-refractivity contribution in [2.45, 2.75) is 6.42 Å². The molecule has 0 N–H and O–H groups in total. The van der Waals surface area contributed by atoms with Crippen molar-refractivity contribution < 1.29 is 9.56 Å². The minimum atomic E-state index is -1.07. The predicted octanol–water partition coefficient (Wildman–Crippen LogP) is 2.22. The van der Waals surface area contributed by atoms with E-state index in [1.165, 1.54) is 0 Å². The van der Waals surface area contributed by atoms with Gasteiger partial charge in [0.2, 0.25) is 7.50 Å². The van der Waals surface area contributed by atoms with Gasteiger partial charge in [-0.05, 0) is 0 Å². The third-order valence-electron chi connectivity index (χ3n) is 0.713. The first-order valence-corrected chi connectivity index (χ1v) is 4.66. The summed E-state index contributed by atoms with van der Waals surface area (Å²) < 4.78 is 5.36. The average Bonchev–Trinajstić information content (AvgIpc) is 1.77. The van der Waals surface area contributed by atoms with Gasteiger partial charge in [0.1, 0.15) is 0 Å². The minimum Gasteiger partial charge on any atom is -0.231 e. The Morgan fingerprint density at radius 3 is 2.88 bits per heavy atom. The van der Waals surface area contributed by atoms with Gasteiger partial charge in [-0.15, -0.1) is 0 Å². The topological polar surface area (TPSA) is 18.5 Å². The first kappa shape index (κ1) is 6.84. The standard InChI is InChI=1S/C3H4ClO2PS/c4-7-3(8)1-2-5-6-7/h1-2H2. The highest BCUT2D eigenvalue weighted by molar-refractivity contribution is 8.07. The van der Waals surface area contributed by atoms with E-state index >= 15 is 0 Å². The SMILES string of the molecule is S=C1CCOOP1Cl. The van der Waals surface area contributed by atoms with E-state index < -0.39 is 7.50 Å². The van der Waals surface area contributed by atoms with Crippen LogP contribution in [0.15, 0.2) is 0 Å². The van der Waals surface area contributed by atoms with Crippen LogP contribution in [0.2, 0.25) is 0 Å². The Bertz CT molecular complexity index is 109. The highest BCUT2D eigenvalue weighted by Crippen LogP contribution is 2.47. The summed E-state index contributed by atoms with van der Waals surface area (Å²) in [6.45, 7) is 0.546. The summed E-state index contributed by atoms with van der Waals surface area (Å²) in [4.78, 5) is 4.56. The molecule has 1 unspecified atom stereocenters. The Labute approximate surface area is 58.7 Å². The number of hydrogen-bond acceptors (Lipinski definition) is 3. The first-order valence-electron chi connectivity index (χ1n) is 2.09. The maximum atomic E-state index is 5.54. The third kappa shape index (κ3) is 1.61. The summed E-state index contributed by atoms with van der Waals surface area (Å²) in [7, 11) is -1.07. The molecule has 5 heteroatoms. The fourth-order valence-electron chi connectivity index (χ4n) is 0.342. The molecule has 0 aromatic rings. The molecule has 0 amide bonds.